The van der Waals surface area contributed by atoms with Crippen molar-refractivity contribution >= 4 is 23.4 Å². The summed E-state index contributed by atoms with van der Waals surface area (Å²) in [5.41, 5.74) is 1.71. The number of H-pyrrole nitrogens is 1. The molecule has 9 nitrogen and oxygen atoms in total. The maximum atomic E-state index is 12.5. The predicted octanol–water partition coefficient (Wildman–Crippen LogP) is 3.93. The van der Waals surface area contributed by atoms with Gasteiger partial charge in [-0.2, -0.15) is 10.4 Å². The van der Waals surface area contributed by atoms with Gasteiger partial charge >= 0.3 is 0 Å². The van der Waals surface area contributed by atoms with Crippen LogP contribution in [0.15, 0.2) is 60.3 Å². The molecule has 2 N–H and O–H groups in total. The van der Waals surface area contributed by atoms with Crippen molar-refractivity contribution in [1.29, 1.82) is 5.26 Å². The summed E-state index contributed by atoms with van der Waals surface area (Å²) in [6, 6.07) is 14.6. The van der Waals surface area contributed by atoms with Crippen molar-refractivity contribution in [2.75, 3.05) is 11.9 Å². The molecule has 0 radical (unpaired) electrons. The lowest BCUT2D eigenvalue weighted by atomic mass is 10.1. The fourth-order valence-corrected chi connectivity index (χ4v) is 2.71. The van der Waals surface area contributed by atoms with Gasteiger partial charge in [0, 0.05) is 28.9 Å². The highest BCUT2D eigenvalue weighted by molar-refractivity contribution is 6.10. The van der Waals surface area contributed by atoms with E-state index in [-0.39, 0.29) is 11.3 Å². The number of hydrogen-bond donors (Lipinski definition) is 2. The Balaban J connectivity index is 1.84. The minimum atomic E-state index is -0.590. The molecule has 0 fully saturated rings. The fourth-order valence-electron chi connectivity index (χ4n) is 2.71. The maximum Gasteiger partial charge on any atom is 0.270 e. The van der Waals surface area contributed by atoms with Gasteiger partial charge in [-0.25, -0.2) is 0 Å². The van der Waals surface area contributed by atoms with Crippen LogP contribution in [0.4, 0.5) is 11.4 Å². The van der Waals surface area contributed by atoms with Gasteiger partial charge in [0.15, 0.2) is 0 Å². The molecular formula is C21H17N5O4. The highest BCUT2D eigenvalue weighted by atomic mass is 16.6. The molecule has 0 saturated carbocycles. The number of carbonyl (C=O) groups is 1. The van der Waals surface area contributed by atoms with Crippen LogP contribution in [0.25, 0.3) is 17.3 Å². The molecule has 0 atom stereocenters. The van der Waals surface area contributed by atoms with Crippen molar-refractivity contribution in [1.82, 2.24) is 10.2 Å². The van der Waals surface area contributed by atoms with E-state index in [1.165, 1.54) is 24.4 Å². The quantitative estimate of drug-likeness (QED) is 0.266. The van der Waals surface area contributed by atoms with Gasteiger partial charge in [0.1, 0.15) is 17.4 Å². The van der Waals surface area contributed by atoms with E-state index in [1.54, 1.807) is 36.4 Å². The third-order valence-corrected chi connectivity index (χ3v) is 4.10. The van der Waals surface area contributed by atoms with Crippen molar-refractivity contribution in [3.8, 4) is 23.1 Å². The second-order valence-electron chi connectivity index (χ2n) is 6.09. The smallest absolute Gasteiger partial charge is 0.270 e. The van der Waals surface area contributed by atoms with Gasteiger partial charge < -0.3 is 10.1 Å². The summed E-state index contributed by atoms with van der Waals surface area (Å²) in [4.78, 5) is 23.0. The Morgan fingerprint density at radius 1 is 1.33 bits per heavy atom. The molecule has 3 aromatic rings. The fraction of sp³-hybridized carbons (Fsp3) is 0.0952. The number of carbonyl (C=O) groups excluding carboxylic acids is 1. The summed E-state index contributed by atoms with van der Waals surface area (Å²) in [7, 11) is 0. The zero-order valence-corrected chi connectivity index (χ0v) is 16.0. The predicted molar refractivity (Wildman–Crippen MR) is 111 cm³/mol. The van der Waals surface area contributed by atoms with Gasteiger partial charge in [0.05, 0.1) is 23.4 Å². The van der Waals surface area contributed by atoms with Crippen LogP contribution in [-0.2, 0) is 4.79 Å². The van der Waals surface area contributed by atoms with Crippen molar-refractivity contribution in [2.45, 2.75) is 6.92 Å². The first-order chi connectivity index (χ1) is 14.5. The first kappa shape index (κ1) is 20.3. The Hall–Kier alpha value is -4.45. The Morgan fingerprint density at radius 2 is 2.10 bits per heavy atom. The van der Waals surface area contributed by atoms with Crippen LogP contribution in [0.5, 0.6) is 5.75 Å². The number of anilines is 1. The molecule has 2 aromatic carbocycles. The van der Waals surface area contributed by atoms with E-state index in [4.69, 9.17) is 4.74 Å². The van der Waals surface area contributed by atoms with Crippen molar-refractivity contribution in [3.63, 3.8) is 0 Å². The van der Waals surface area contributed by atoms with Gasteiger partial charge in [-0.05, 0) is 37.3 Å². The van der Waals surface area contributed by atoms with Crippen LogP contribution in [0.3, 0.4) is 0 Å². The van der Waals surface area contributed by atoms with Crippen LogP contribution < -0.4 is 10.1 Å². The number of amides is 1. The van der Waals surface area contributed by atoms with Gasteiger partial charge in [-0.15, -0.1) is 0 Å². The second-order valence-corrected chi connectivity index (χ2v) is 6.09. The lowest BCUT2D eigenvalue weighted by Crippen LogP contribution is -2.13. The molecule has 0 spiro atoms. The number of rotatable bonds is 7. The van der Waals surface area contributed by atoms with E-state index >= 15 is 0 Å². The lowest BCUT2D eigenvalue weighted by Gasteiger charge is -2.07. The maximum absolute atomic E-state index is 12.5. The molecule has 0 aliphatic rings. The third-order valence-electron chi connectivity index (χ3n) is 4.10. The number of ether oxygens (including phenoxy) is 1. The van der Waals surface area contributed by atoms with E-state index in [2.05, 4.69) is 15.5 Å². The largest absolute Gasteiger partial charge is 0.494 e. The standard InChI is InChI=1S/C21H17N5O4/c1-2-30-19-8-6-17(7-9-19)24-21(27)15(12-22)10-16-13-23-25-20(16)14-4-3-5-18(11-14)26(28)29/h3-11,13H,2H2,1H3,(H,23,25)(H,24,27)/b15-10+. The van der Waals surface area contributed by atoms with E-state index < -0.39 is 10.8 Å². The minimum Gasteiger partial charge on any atom is -0.494 e. The molecule has 1 heterocycles. The molecule has 0 aliphatic carbocycles. The van der Waals surface area contributed by atoms with Gasteiger partial charge in [0.25, 0.3) is 11.6 Å². The zero-order valence-electron chi connectivity index (χ0n) is 16.0. The topological polar surface area (TPSA) is 134 Å². The van der Waals surface area contributed by atoms with Crippen molar-refractivity contribution < 1.29 is 14.5 Å². The number of nitrogens with one attached hydrogen (secondary N) is 2. The zero-order chi connectivity index (χ0) is 21.5. The van der Waals surface area contributed by atoms with Crippen LogP contribution in [0, 0.1) is 21.4 Å². The number of hydrogen-bond acceptors (Lipinski definition) is 6. The monoisotopic (exact) mass is 403 g/mol. The summed E-state index contributed by atoms with van der Waals surface area (Å²) < 4.78 is 5.35. The number of nitriles is 1. The number of non-ortho nitro benzene ring substituents is 1. The van der Waals surface area contributed by atoms with Crippen molar-refractivity contribution in [2.24, 2.45) is 0 Å². The summed E-state index contributed by atoms with van der Waals surface area (Å²) in [5, 5.41) is 29.8. The first-order valence-electron chi connectivity index (χ1n) is 8.96. The van der Waals surface area contributed by atoms with E-state index in [0.717, 1.165) is 0 Å². The van der Waals surface area contributed by atoms with Crippen LogP contribution in [-0.4, -0.2) is 27.6 Å². The molecule has 150 valence electrons. The molecule has 0 aliphatic heterocycles. The molecular weight excluding hydrogens is 386 g/mol. The molecule has 3 rings (SSSR count). The van der Waals surface area contributed by atoms with E-state index in [9.17, 15) is 20.2 Å². The Kier molecular flexibility index (Phi) is 6.20. The number of nitro groups is 1. The number of aromatic amines is 1. The molecule has 0 unspecified atom stereocenters. The van der Waals surface area contributed by atoms with Gasteiger partial charge in [0.2, 0.25) is 0 Å². The Morgan fingerprint density at radius 3 is 2.77 bits per heavy atom. The average molecular weight is 403 g/mol. The third kappa shape index (κ3) is 4.69. The normalized spacial score (nSPS) is 10.9. The highest BCUT2D eigenvalue weighted by Gasteiger charge is 2.14. The molecule has 30 heavy (non-hydrogen) atoms. The number of benzene rings is 2. The summed E-state index contributed by atoms with van der Waals surface area (Å²) in [5.74, 6) is 0.0828. The van der Waals surface area contributed by atoms with Crippen LogP contribution in [0.1, 0.15) is 12.5 Å². The summed E-state index contributed by atoms with van der Waals surface area (Å²) in [6.07, 6.45) is 2.82. The van der Waals surface area contributed by atoms with Crippen LogP contribution >= 0.6 is 0 Å². The molecule has 0 bridgehead atoms. The van der Waals surface area contributed by atoms with E-state index in [1.807, 2.05) is 13.0 Å². The minimum absolute atomic E-state index is 0.0780. The highest BCUT2D eigenvalue weighted by Crippen LogP contribution is 2.26. The lowest BCUT2D eigenvalue weighted by molar-refractivity contribution is -0.384. The van der Waals surface area contributed by atoms with E-state index in [0.29, 0.717) is 34.9 Å². The van der Waals surface area contributed by atoms with Crippen LogP contribution in [0.2, 0.25) is 0 Å². The molecule has 1 aromatic heterocycles. The number of aromatic nitrogens is 2. The molecule has 1 amide bonds. The Bertz CT molecular complexity index is 1140. The number of nitro benzene ring substituents is 1. The van der Waals surface area contributed by atoms with Gasteiger partial charge in [-0.1, -0.05) is 12.1 Å². The summed E-state index contributed by atoms with van der Waals surface area (Å²) >= 11 is 0. The molecule has 9 heteroatoms. The molecule has 0 saturated heterocycles. The summed E-state index contributed by atoms with van der Waals surface area (Å²) in [6.45, 7) is 2.40. The Labute approximate surface area is 171 Å². The average Bonchev–Trinajstić information content (AvgIpc) is 3.22. The second kappa shape index (κ2) is 9.16. The SMILES string of the molecule is CCOc1ccc(NC(=O)/C(C#N)=C/c2cn[nH]c2-c2cccc([N+](=O)[O-])c2)cc1. The van der Waals surface area contributed by atoms with Gasteiger partial charge in [-0.3, -0.25) is 20.0 Å². The number of nitrogens with zero attached hydrogens (tertiary/aromatic N) is 3. The first-order valence-corrected chi connectivity index (χ1v) is 8.96. The van der Waals surface area contributed by atoms with Crippen molar-refractivity contribution in [3.05, 3.63) is 76.0 Å².